The van der Waals surface area contributed by atoms with E-state index in [1.807, 2.05) is 37.8 Å². The van der Waals surface area contributed by atoms with E-state index in [0.717, 1.165) is 0 Å². The van der Waals surface area contributed by atoms with Crippen molar-refractivity contribution < 1.29 is 17.1 Å². The summed E-state index contributed by atoms with van der Waals surface area (Å²) < 4.78 is 0. The second-order valence-corrected chi connectivity index (χ2v) is 6.90. The Labute approximate surface area is 188 Å². The monoisotopic (exact) mass is 424 g/mol. The van der Waals surface area contributed by atoms with E-state index in [1.165, 1.54) is 23.2 Å². The number of hydrogen-bond acceptors (Lipinski definition) is 2. The first-order valence-electron chi connectivity index (χ1n) is 9.79. The van der Waals surface area contributed by atoms with Crippen LogP contribution in [0.5, 0.6) is 0 Å². The van der Waals surface area contributed by atoms with E-state index in [2.05, 4.69) is 98.7 Å². The van der Waals surface area contributed by atoms with Crippen LogP contribution in [0.25, 0.3) is 0 Å². The van der Waals surface area contributed by atoms with Gasteiger partial charge in [-0.15, -0.1) is 0 Å². The Morgan fingerprint density at radius 3 is 1.14 bits per heavy atom. The van der Waals surface area contributed by atoms with E-state index in [0.29, 0.717) is 12.1 Å². The zero-order valence-corrected chi connectivity index (χ0v) is 18.0. The van der Waals surface area contributed by atoms with Gasteiger partial charge in [0, 0.05) is 24.2 Å². The minimum atomic E-state index is 0. The van der Waals surface area contributed by atoms with Crippen molar-refractivity contribution in [3.05, 3.63) is 135 Å². The molecule has 0 spiro atoms. The molecule has 4 rings (SSSR count). The van der Waals surface area contributed by atoms with Crippen LogP contribution in [0.3, 0.4) is 0 Å². The van der Waals surface area contributed by atoms with Crippen molar-refractivity contribution in [2.75, 3.05) is 0 Å². The molecular formula is C26H28FeN2+2. The quantitative estimate of drug-likeness (QED) is 0.607. The molecule has 2 fully saturated rings. The number of rotatable bonds is 6. The molecular weight excluding hydrogens is 396 g/mol. The van der Waals surface area contributed by atoms with Gasteiger partial charge in [-0.1, -0.05) is 60.7 Å². The second-order valence-electron chi connectivity index (χ2n) is 6.90. The van der Waals surface area contributed by atoms with Crippen LogP contribution in [-0.2, 0) is 17.1 Å². The third-order valence-corrected chi connectivity index (χ3v) is 4.69. The van der Waals surface area contributed by atoms with Gasteiger partial charge in [0.1, 0.15) is 0 Å². The molecule has 2 aliphatic rings. The zero-order chi connectivity index (χ0) is 19.6. The zero-order valence-electron chi connectivity index (χ0n) is 16.9. The van der Waals surface area contributed by atoms with E-state index in [-0.39, 0.29) is 17.1 Å². The van der Waals surface area contributed by atoms with Crippen LogP contribution in [0, 0.1) is 63.5 Å². The van der Waals surface area contributed by atoms with E-state index in [9.17, 15) is 0 Å². The summed E-state index contributed by atoms with van der Waals surface area (Å²) in [6.45, 7) is 4.34. The second kappa shape index (κ2) is 13.2. The maximum absolute atomic E-state index is 3.44. The number of benzene rings is 2. The topological polar surface area (TPSA) is 24.1 Å². The third-order valence-electron chi connectivity index (χ3n) is 4.69. The summed E-state index contributed by atoms with van der Waals surface area (Å²) in [5.41, 5.74) is 2.63. The van der Waals surface area contributed by atoms with Crippen LogP contribution in [0.1, 0.15) is 37.1 Å². The van der Waals surface area contributed by atoms with E-state index >= 15 is 0 Å². The Balaban J connectivity index is 0.000000200. The SMILES string of the molecule is C[C@H](N[C]1[CH][CH][CH][CH]1)c1ccccc1.C[C@H](N[C]1[CH][CH][CH][CH]1)c1ccccc1.[Fe+2]. The fourth-order valence-electron chi connectivity index (χ4n) is 3.09. The van der Waals surface area contributed by atoms with Crippen molar-refractivity contribution in [2.45, 2.75) is 25.9 Å². The van der Waals surface area contributed by atoms with E-state index in [4.69, 9.17) is 0 Å². The van der Waals surface area contributed by atoms with Gasteiger partial charge in [-0.05, 0) is 76.3 Å². The third kappa shape index (κ3) is 8.26. The van der Waals surface area contributed by atoms with Crippen molar-refractivity contribution in [1.82, 2.24) is 10.6 Å². The van der Waals surface area contributed by atoms with Gasteiger partial charge in [0.2, 0.25) is 0 Å². The average molecular weight is 424 g/mol. The number of hydrogen-bond donors (Lipinski definition) is 2. The van der Waals surface area contributed by atoms with Gasteiger partial charge in [-0.2, -0.15) is 0 Å². The largest absolute Gasteiger partial charge is 2.00 e. The Hall–Kier alpha value is -1.12. The van der Waals surface area contributed by atoms with Gasteiger partial charge < -0.3 is 10.6 Å². The molecule has 148 valence electrons. The van der Waals surface area contributed by atoms with Gasteiger partial charge >= 0.3 is 17.1 Å². The molecule has 0 aromatic heterocycles. The Bertz CT molecular complexity index is 589. The minimum Gasteiger partial charge on any atom is -0.302 e. The van der Waals surface area contributed by atoms with E-state index < -0.39 is 0 Å². The van der Waals surface area contributed by atoms with Gasteiger partial charge in [-0.25, -0.2) is 0 Å². The van der Waals surface area contributed by atoms with Crippen LogP contribution in [0.4, 0.5) is 0 Å². The molecule has 0 saturated heterocycles. The van der Waals surface area contributed by atoms with Crippen LogP contribution in [0.15, 0.2) is 60.7 Å². The summed E-state index contributed by atoms with van der Waals surface area (Å²) >= 11 is 0. The smallest absolute Gasteiger partial charge is 0.302 e. The first-order valence-corrected chi connectivity index (χ1v) is 9.79. The molecule has 2 atom stereocenters. The maximum atomic E-state index is 3.44. The molecule has 29 heavy (non-hydrogen) atoms. The molecule has 10 radical (unpaired) electrons. The molecule has 0 amide bonds. The molecule has 2 aliphatic carbocycles. The molecule has 2 aromatic carbocycles. The average Bonchev–Trinajstić information content (AvgIpc) is 3.44. The molecule has 0 bridgehead atoms. The summed E-state index contributed by atoms with van der Waals surface area (Å²) in [7, 11) is 0. The normalized spacial score (nSPS) is 19.1. The Morgan fingerprint density at radius 1 is 0.517 bits per heavy atom. The predicted octanol–water partition coefficient (Wildman–Crippen LogP) is 5.40. The summed E-state index contributed by atoms with van der Waals surface area (Å²) in [5.74, 6) is 0. The Kier molecular flexibility index (Phi) is 11.0. The maximum Gasteiger partial charge on any atom is 2.00 e. The Morgan fingerprint density at radius 2 is 0.828 bits per heavy atom. The standard InChI is InChI=1S/2C13H14N.Fe/c2*1-11(12-7-3-2-4-8-12)14-13-9-5-6-10-13;/h2*2-11,14H,1H3;/q;;+2/t2*11-;/m00./s1. The fraction of sp³-hybridized carbons (Fsp3) is 0.154. The predicted molar refractivity (Wildman–Crippen MR) is 117 cm³/mol. The molecule has 0 aliphatic heterocycles. The van der Waals surface area contributed by atoms with Crippen molar-refractivity contribution in [3.8, 4) is 0 Å². The fourth-order valence-corrected chi connectivity index (χ4v) is 3.09. The van der Waals surface area contributed by atoms with Crippen molar-refractivity contribution in [2.24, 2.45) is 0 Å². The summed E-state index contributed by atoms with van der Waals surface area (Å²) in [4.78, 5) is 0. The van der Waals surface area contributed by atoms with Crippen molar-refractivity contribution in [1.29, 1.82) is 0 Å². The van der Waals surface area contributed by atoms with Gasteiger partial charge in [-0.3, -0.25) is 0 Å². The molecule has 2 saturated carbocycles. The van der Waals surface area contributed by atoms with Crippen molar-refractivity contribution >= 4 is 0 Å². The van der Waals surface area contributed by atoms with Crippen molar-refractivity contribution in [3.63, 3.8) is 0 Å². The van der Waals surface area contributed by atoms with Crippen LogP contribution < -0.4 is 10.6 Å². The molecule has 2 aromatic rings. The first-order chi connectivity index (χ1) is 13.7. The van der Waals surface area contributed by atoms with Gasteiger partial charge in [0.25, 0.3) is 0 Å². The number of nitrogens with one attached hydrogen (secondary N) is 2. The minimum absolute atomic E-state index is 0. The van der Waals surface area contributed by atoms with Crippen LogP contribution >= 0.6 is 0 Å². The summed E-state index contributed by atoms with van der Waals surface area (Å²) in [6.07, 6.45) is 16.5. The van der Waals surface area contributed by atoms with Crippen LogP contribution in [0.2, 0.25) is 0 Å². The molecule has 0 heterocycles. The molecule has 3 heteroatoms. The van der Waals surface area contributed by atoms with Gasteiger partial charge in [0.05, 0.1) is 0 Å². The first kappa shape index (κ1) is 24.2. The van der Waals surface area contributed by atoms with Crippen LogP contribution in [-0.4, -0.2) is 0 Å². The summed E-state index contributed by atoms with van der Waals surface area (Å²) in [6, 6.07) is 24.0. The molecule has 2 nitrogen and oxygen atoms in total. The van der Waals surface area contributed by atoms with Gasteiger partial charge in [0.15, 0.2) is 0 Å². The summed E-state index contributed by atoms with van der Waals surface area (Å²) in [5, 5.41) is 6.88. The van der Waals surface area contributed by atoms with E-state index in [1.54, 1.807) is 0 Å². The molecule has 0 unspecified atom stereocenters. The molecule has 2 N–H and O–H groups in total.